The smallest absolute Gasteiger partial charge is 0.303 e. The van der Waals surface area contributed by atoms with E-state index in [9.17, 15) is 19.3 Å². The first-order valence-corrected chi connectivity index (χ1v) is 6.80. The Morgan fingerprint density at radius 1 is 1.40 bits per heavy atom. The molecule has 8 heteroatoms. The molecule has 0 saturated carbocycles. The summed E-state index contributed by atoms with van der Waals surface area (Å²) in [4.78, 5) is 20.6. The number of nitrogens with zero attached hydrogens (tertiary/aromatic N) is 1. The number of carboxylic acids is 1. The first kappa shape index (κ1) is 16.4. The third-order valence-electron chi connectivity index (χ3n) is 2.62. The molecule has 1 rings (SSSR count). The quantitative estimate of drug-likeness (QED) is 0.425. The highest BCUT2D eigenvalue weighted by molar-refractivity contribution is 9.10. The summed E-state index contributed by atoms with van der Waals surface area (Å²) in [5.41, 5.74) is -0.0854. The van der Waals surface area contributed by atoms with Crippen LogP contribution in [0.3, 0.4) is 0 Å². The molecule has 1 aromatic rings. The molecule has 0 unspecified atom stereocenters. The number of unbranched alkanes of at least 4 members (excludes halogenated alkanes) is 2. The zero-order chi connectivity index (χ0) is 15.1. The topological polar surface area (TPSA) is 92.5 Å². The maximum atomic E-state index is 13.4. The normalized spacial score (nSPS) is 10.3. The zero-order valence-electron chi connectivity index (χ0n) is 10.6. The molecule has 0 fully saturated rings. The lowest BCUT2D eigenvalue weighted by Gasteiger charge is -2.08. The average molecular weight is 349 g/mol. The summed E-state index contributed by atoms with van der Waals surface area (Å²) in [6.07, 6.45) is 2.00. The van der Waals surface area contributed by atoms with Gasteiger partial charge in [0.15, 0.2) is 0 Å². The van der Waals surface area contributed by atoms with Gasteiger partial charge < -0.3 is 10.4 Å². The molecule has 0 aliphatic heterocycles. The van der Waals surface area contributed by atoms with Crippen molar-refractivity contribution in [2.24, 2.45) is 0 Å². The maximum Gasteiger partial charge on any atom is 0.303 e. The maximum absolute atomic E-state index is 13.4. The Bertz CT molecular complexity index is 510. The average Bonchev–Trinajstić information content (AvgIpc) is 2.36. The molecule has 0 aliphatic rings. The summed E-state index contributed by atoms with van der Waals surface area (Å²) in [7, 11) is 0. The van der Waals surface area contributed by atoms with Crippen molar-refractivity contribution in [3.63, 3.8) is 0 Å². The lowest BCUT2D eigenvalue weighted by atomic mass is 10.2. The molecule has 0 heterocycles. The van der Waals surface area contributed by atoms with E-state index in [0.717, 1.165) is 12.1 Å². The van der Waals surface area contributed by atoms with Gasteiger partial charge in [-0.25, -0.2) is 4.39 Å². The second-order valence-corrected chi connectivity index (χ2v) is 5.03. The van der Waals surface area contributed by atoms with E-state index in [-0.39, 0.29) is 22.3 Å². The summed E-state index contributed by atoms with van der Waals surface area (Å²) in [5.74, 6) is -1.42. The number of rotatable bonds is 8. The first-order chi connectivity index (χ1) is 9.41. The van der Waals surface area contributed by atoms with Crippen molar-refractivity contribution in [3.8, 4) is 0 Å². The largest absolute Gasteiger partial charge is 0.481 e. The van der Waals surface area contributed by atoms with Gasteiger partial charge in [0.05, 0.1) is 9.40 Å². The third-order valence-corrected chi connectivity index (χ3v) is 3.23. The number of nitro groups is 1. The van der Waals surface area contributed by atoms with Gasteiger partial charge in [-0.2, -0.15) is 0 Å². The van der Waals surface area contributed by atoms with Gasteiger partial charge in [0.2, 0.25) is 0 Å². The van der Waals surface area contributed by atoms with Crippen LogP contribution in [0.25, 0.3) is 0 Å². The van der Waals surface area contributed by atoms with Crippen molar-refractivity contribution in [1.82, 2.24) is 0 Å². The summed E-state index contributed by atoms with van der Waals surface area (Å²) < 4.78 is 13.4. The van der Waals surface area contributed by atoms with Crippen molar-refractivity contribution in [1.29, 1.82) is 0 Å². The van der Waals surface area contributed by atoms with E-state index in [1.54, 1.807) is 0 Å². The molecule has 0 amide bonds. The number of hydrogen-bond acceptors (Lipinski definition) is 4. The summed E-state index contributed by atoms with van der Waals surface area (Å²) in [5, 5.41) is 22.1. The summed E-state index contributed by atoms with van der Waals surface area (Å²) in [6.45, 7) is 0.418. The molecule has 0 bridgehead atoms. The van der Waals surface area contributed by atoms with Gasteiger partial charge in [-0.05, 0) is 28.8 Å². The van der Waals surface area contributed by atoms with Crippen molar-refractivity contribution in [2.45, 2.75) is 25.7 Å². The van der Waals surface area contributed by atoms with Crippen molar-refractivity contribution >= 4 is 33.3 Å². The van der Waals surface area contributed by atoms with Crippen molar-refractivity contribution < 1.29 is 19.2 Å². The fourth-order valence-corrected chi connectivity index (χ4v) is 1.96. The summed E-state index contributed by atoms with van der Waals surface area (Å²) in [6, 6.07) is 2.18. The Hall–Kier alpha value is -1.70. The molecule has 1 aromatic carbocycles. The van der Waals surface area contributed by atoms with Gasteiger partial charge in [-0.1, -0.05) is 6.42 Å². The molecule has 110 valence electrons. The second kappa shape index (κ2) is 7.78. The molecule has 0 saturated heterocycles. The van der Waals surface area contributed by atoms with E-state index in [1.807, 2.05) is 0 Å². The third kappa shape index (κ3) is 5.12. The van der Waals surface area contributed by atoms with Gasteiger partial charge >= 0.3 is 5.97 Å². The number of aliphatic carboxylic acids is 1. The van der Waals surface area contributed by atoms with E-state index in [1.165, 1.54) is 0 Å². The number of nitro benzene ring substituents is 1. The van der Waals surface area contributed by atoms with Crippen molar-refractivity contribution in [3.05, 3.63) is 32.5 Å². The van der Waals surface area contributed by atoms with Crippen LogP contribution in [-0.2, 0) is 4.79 Å². The fraction of sp³-hybridized carbons (Fsp3) is 0.417. The van der Waals surface area contributed by atoms with E-state index in [2.05, 4.69) is 21.2 Å². The number of halogens is 2. The molecular weight excluding hydrogens is 335 g/mol. The van der Waals surface area contributed by atoms with Crippen LogP contribution in [0.4, 0.5) is 15.8 Å². The Morgan fingerprint density at radius 3 is 2.70 bits per heavy atom. The monoisotopic (exact) mass is 348 g/mol. The fourth-order valence-electron chi connectivity index (χ4n) is 1.63. The highest BCUT2D eigenvalue weighted by Gasteiger charge is 2.17. The predicted molar refractivity (Wildman–Crippen MR) is 75.3 cm³/mol. The van der Waals surface area contributed by atoms with Crippen LogP contribution < -0.4 is 5.32 Å². The molecule has 6 nitrogen and oxygen atoms in total. The summed E-state index contributed by atoms with van der Waals surface area (Å²) >= 11 is 2.90. The van der Waals surface area contributed by atoms with Crippen LogP contribution in [0.2, 0.25) is 0 Å². The Kier molecular flexibility index (Phi) is 6.37. The molecular formula is C12H14BrFN2O4. The number of hydrogen-bond donors (Lipinski definition) is 2. The Labute approximate surface area is 123 Å². The molecule has 0 aromatic heterocycles. The molecule has 20 heavy (non-hydrogen) atoms. The van der Waals surface area contributed by atoms with Crippen LogP contribution in [0.1, 0.15) is 25.7 Å². The second-order valence-electron chi connectivity index (χ2n) is 4.17. The van der Waals surface area contributed by atoms with E-state index >= 15 is 0 Å². The molecule has 0 atom stereocenters. The Balaban J connectivity index is 2.53. The molecule has 0 aliphatic carbocycles. The lowest BCUT2D eigenvalue weighted by Crippen LogP contribution is -2.05. The van der Waals surface area contributed by atoms with Crippen LogP contribution in [-0.4, -0.2) is 22.5 Å². The van der Waals surface area contributed by atoms with E-state index < -0.39 is 16.7 Å². The molecule has 2 N–H and O–H groups in total. The number of nitrogens with one attached hydrogen (secondary N) is 1. The minimum atomic E-state index is -0.844. The van der Waals surface area contributed by atoms with Crippen LogP contribution in [0.5, 0.6) is 0 Å². The predicted octanol–water partition coefficient (Wildman–Crippen LogP) is 3.55. The van der Waals surface area contributed by atoms with Gasteiger partial charge in [0.25, 0.3) is 5.69 Å². The van der Waals surface area contributed by atoms with Crippen LogP contribution in [0, 0.1) is 15.9 Å². The number of carbonyl (C=O) groups is 1. The van der Waals surface area contributed by atoms with Gasteiger partial charge in [0, 0.05) is 25.1 Å². The lowest BCUT2D eigenvalue weighted by molar-refractivity contribution is -0.384. The van der Waals surface area contributed by atoms with Gasteiger partial charge in [-0.15, -0.1) is 0 Å². The zero-order valence-corrected chi connectivity index (χ0v) is 12.2. The highest BCUT2D eigenvalue weighted by atomic mass is 79.9. The van der Waals surface area contributed by atoms with Crippen molar-refractivity contribution in [2.75, 3.05) is 11.9 Å². The minimum absolute atomic E-state index is 0.0382. The van der Waals surface area contributed by atoms with Crippen LogP contribution >= 0.6 is 15.9 Å². The first-order valence-electron chi connectivity index (χ1n) is 6.01. The SMILES string of the molecule is O=C(O)CCCCCNc1cc(F)c(Br)cc1[N+](=O)[O-]. The number of carboxylic acid groups (broad SMARTS) is 1. The van der Waals surface area contributed by atoms with Gasteiger partial charge in [-0.3, -0.25) is 14.9 Å². The highest BCUT2D eigenvalue weighted by Crippen LogP contribution is 2.30. The van der Waals surface area contributed by atoms with E-state index in [0.29, 0.717) is 25.8 Å². The number of benzene rings is 1. The van der Waals surface area contributed by atoms with Crippen LogP contribution in [0.15, 0.2) is 16.6 Å². The standard InChI is InChI=1S/C12H14BrFN2O4/c13-8-6-11(16(19)20)10(7-9(8)14)15-5-3-1-2-4-12(17)18/h6-7,15H,1-5H2,(H,17,18). The molecule has 0 spiro atoms. The Morgan fingerprint density at radius 2 is 2.10 bits per heavy atom. The van der Waals surface area contributed by atoms with Gasteiger partial charge in [0.1, 0.15) is 11.5 Å². The minimum Gasteiger partial charge on any atom is -0.481 e. The van der Waals surface area contributed by atoms with E-state index in [4.69, 9.17) is 5.11 Å². The number of anilines is 1. The molecule has 0 radical (unpaired) electrons.